The number of carbonyl (C=O) groups excluding carboxylic acids is 2. The lowest BCUT2D eigenvalue weighted by Gasteiger charge is -2.24. The minimum atomic E-state index is -0.417. The molecular formula is C19H23NO5. The molecular weight excluding hydrogens is 322 g/mol. The maximum Gasteiger partial charge on any atom is 0.310 e. The molecule has 0 bridgehead atoms. The van der Waals surface area contributed by atoms with Gasteiger partial charge in [-0.2, -0.15) is 0 Å². The van der Waals surface area contributed by atoms with Crippen molar-refractivity contribution in [2.24, 2.45) is 5.92 Å². The first-order valence-corrected chi connectivity index (χ1v) is 8.08. The summed E-state index contributed by atoms with van der Waals surface area (Å²) in [7, 11) is 2.96. The highest BCUT2D eigenvalue weighted by atomic mass is 16.5. The molecule has 25 heavy (non-hydrogen) atoms. The van der Waals surface area contributed by atoms with E-state index in [9.17, 15) is 9.59 Å². The third-order valence-electron chi connectivity index (χ3n) is 3.95. The molecule has 0 spiro atoms. The molecule has 0 saturated heterocycles. The summed E-state index contributed by atoms with van der Waals surface area (Å²) in [5, 5.41) is 0. The van der Waals surface area contributed by atoms with E-state index in [1.807, 2.05) is 24.3 Å². The number of carbonyl (C=O) groups is 2. The number of hydrogen-bond acceptors (Lipinski definition) is 5. The molecule has 0 saturated carbocycles. The van der Waals surface area contributed by atoms with Crippen LogP contribution in [0.25, 0.3) is 0 Å². The fourth-order valence-corrected chi connectivity index (χ4v) is 2.49. The molecule has 1 aromatic carbocycles. The molecule has 0 aliphatic heterocycles. The van der Waals surface area contributed by atoms with Crippen LogP contribution in [0, 0.1) is 5.92 Å². The van der Waals surface area contributed by atoms with E-state index in [-0.39, 0.29) is 24.2 Å². The zero-order valence-electron chi connectivity index (χ0n) is 14.7. The molecule has 0 radical (unpaired) electrons. The second-order valence-electron chi connectivity index (χ2n) is 5.75. The topological polar surface area (TPSA) is 69.0 Å². The van der Waals surface area contributed by atoms with Gasteiger partial charge in [0.05, 0.1) is 26.4 Å². The van der Waals surface area contributed by atoms with Crippen molar-refractivity contribution in [1.29, 1.82) is 0 Å². The van der Waals surface area contributed by atoms with Crippen LogP contribution >= 0.6 is 0 Å². The Balaban J connectivity index is 2.07. The number of esters is 1. The zero-order valence-corrected chi connectivity index (χ0v) is 14.7. The van der Waals surface area contributed by atoms with Gasteiger partial charge in [-0.1, -0.05) is 19.1 Å². The van der Waals surface area contributed by atoms with Crippen molar-refractivity contribution in [3.8, 4) is 5.75 Å². The molecule has 2 rings (SSSR count). The number of benzene rings is 1. The monoisotopic (exact) mass is 345 g/mol. The lowest BCUT2D eigenvalue weighted by Crippen LogP contribution is -2.38. The van der Waals surface area contributed by atoms with Crippen molar-refractivity contribution >= 4 is 11.9 Å². The van der Waals surface area contributed by atoms with Gasteiger partial charge in [0, 0.05) is 13.1 Å². The van der Waals surface area contributed by atoms with E-state index in [0.717, 1.165) is 11.3 Å². The van der Waals surface area contributed by atoms with Crippen LogP contribution in [-0.4, -0.2) is 44.1 Å². The Morgan fingerprint density at radius 2 is 1.88 bits per heavy atom. The Morgan fingerprint density at radius 1 is 1.16 bits per heavy atom. The number of hydrogen-bond donors (Lipinski definition) is 0. The average Bonchev–Trinajstić information content (AvgIpc) is 3.18. The van der Waals surface area contributed by atoms with E-state index in [1.165, 1.54) is 13.4 Å². The number of ether oxygens (including phenoxy) is 2. The maximum atomic E-state index is 12.6. The highest BCUT2D eigenvalue weighted by Crippen LogP contribution is 2.14. The van der Waals surface area contributed by atoms with Crippen molar-refractivity contribution in [3.63, 3.8) is 0 Å². The quantitative estimate of drug-likeness (QED) is 0.688. The van der Waals surface area contributed by atoms with Crippen LogP contribution in [0.1, 0.15) is 23.0 Å². The van der Waals surface area contributed by atoms with Crippen molar-refractivity contribution < 1.29 is 23.5 Å². The van der Waals surface area contributed by atoms with Gasteiger partial charge in [-0.15, -0.1) is 0 Å². The van der Waals surface area contributed by atoms with Crippen LogP contribution in [0.15, 0.2) is 47.1 Å². The van der Waals surface area contributed by atoms with Gasteiger partial charge in [0.25, 0.3) is 5.91 Å². The summed E-state index contributed by atoms with van der Waals surface area (Å²) in [6.07, 6.45) is 2.11. The van der Waals surface area contributed by atoms with Crippen LogP contribution in [-0.2, 0) is 16.0 Å². The molecule has 0 aliphatic carbocycles. The summed E-state index contributed by atoms with van der Waals surface area (Å²) in [6.45, 7) is 2.47. The molecule has 1 unspecified atom stereocenters. The SMILES string of the molecule is COC(=O)C(C)CN(CCc1ccc(OC)cc1)C(=O)c1ccco1. The van der Waals surface area contributed by atoms with Crippen LogP contribution in [0.3, 0.4) is 0 Å². The number of rotatable bonds is 8. The minimum absolute atomic E-state index is 0.241. The average molecular weight is 345 g/mol. The van der Waals surface area contributed by atoms with Crippen LogP contribution < -0.4 is 4.74 Å². The smallest absolute Gasteiger partial charge is 0.310 e. The molecule has 6 nitrogen and oxygen atoms in total. The summed E-state index contributed by atoms with van der Waals surface area (Å²) < 4.78 is 15.1. The van der Waals surface area contributed by atoms with Gasteiger partial charge in [0.1, 0.15) is 5.75 Å². The zero-order chi connectivity index (χ0) is 18.2. The van der Waals surface area contributed by atoms with Crippen molar-refractivity contribution in [1.82, 2.24) is 4.90 Å². The Bertz CT molecular complexity index is 678. The van der Waals surface area contributed by atoms with Crippen LogP contribution in [0.4, 0.5) is 0 Å². The van der Waals surface area contributed by atoms with E-state index < -0.39 is 5.92 Å². The second-order valence-corrected chi connectivity index (χ2v) is 5.75. The summed E-state index contributed by atoms with van der Waals surface area (Å²) >= 11 is 0. The largest absolute Gasteiger partial charge is 0.497 e. The van der Waals surface area contributed by atoms with Crippen molar-refractivity contribution in [3.05, 3.63) is 54.0 Å². The fraction of sp³-hybridized carbons (Fsp3) is 0.368. The predicted octanol–water partition coefficient (Wildman–Crippen LogP) is 2.78. The molecule has 1 amide bonds. The van der Waals surface area contributed by atoms with Gasteiger partial charge in [0.15, 0.2) is 5.76 Å². The van der Waals surface area contributed by atoms with E-state index in [2.05, 4.69) is 0 Å². The lowest BCUT2D eigenvalue weighted by molar-refractivity contribution is -0.145. The molecule has 0 aliphatic rings. The second kappa shape index (κ2) is 8.92. The number of furan rings is 1. The Morgan fingerprint density at radius 3 is 2.44 bits per heavy atom. The normalized spacial score (nSPS) is 11.6. The molecule has 0 N–H and O–H groups in total. The van der Waals surface area contributed by atoms with E-state index in [0.29, 0.717) is 13.0 Å². The van der Waals surface area contributed by atoms with Gasteiger partial charge >= 0.3 is 5.97 Å². The van der Waals surface area contributed by atoms with Crippen LogP contribution in [0.5, 0.6) is 5.75 Å². The van der Waals surface area contributed by atoms with Gasteiger partial charge in [-0.3, -0.25) is 9.59 Å². The van der Waals surface area contributed by atoms with Gasteiger partial charge in [0.2, 0.25) is 0 Å². The van der Waals surface area contributed by atoms with Crippen molar-refractivity contribution in [2.75, 3.05) is 27.3 Å². The lowest BCUT2D eigenvalue weighted by atomic mass is 10.1. The summed E-state index contributed by atoms with van der Waals surface area (Å²) in [5.74, 6) is 0.0362. The molecule has 0 fully saturated rings. The molecule has 2 aromatic rings. The Labute approximate surface area is 147 Å². The molecule has 1 heterocycles. The third-order valence-corrected chi connectivity index (χ3v) is 3.95. The Hall–Kier alpha value is -2.76. The molecule has 1 atom stereocenters. The number of methoxy groups -OCH3 is 2. The third kappa shape index (κ3) is 5.11. The first-order chi connectivity index (χ1) is 12.0. The summed E-state index contributed by atoms with van der Waals surface area (Å²) in [6, 6.07) is 11.0. The Kier molecular flexibility index (Phi) is 6.62. The first-order valence-electron chi connectivity index (χ1n) is 8.08. The van der Waals surface area contributed by atoms with Crippen molar-refractivity contribution in [2.45, 2.75) is 13.3 Å². The fourth-order valence-electron chi connectivity index (χ4n) is 2.49. The highest BCUT2D eigenvalue weighted by molar-refractivity contribution is 5.91. The van der Waals surface area contributed by atoms with Gasteiger partial charge in [-0.05, 0) is 36.2 Å². The maximum absolute atomic E-state index is 12.6. The standard InChI is InChI=1S/C19H23NO5/c1-14(19(22)24-3)13-20(18(21)17-5-4-12-25-17)11-10-15-6-8-16(23-2)9-7-15/h4-9,12,14H,10-11,13H2,1-3H3. The summed E-state index contributed by atoms with van der Waals surface area (Å²) in [4.78, 5) is 26.0. The summed E-state index contributed by atoms with van der Waals surface area (Å²) in [5.41, 5.74) is 1.07. The van der Waals surface area contributed by atoms with E-state index in [4.69, 9.17) is 13.9 Å². The van der Waals surface area contributed by atoms with Crippen LogP contribution in [0.2, 0.25) is 0 Å². The minimum Gasteiger partial charge on any atom is -0.497 e. The molecule has 134 valence electrons. The molecule has 6 heteroatoms. The van der Waals surface area contributed by atoms with Gasteiger partial charge < -0.3 is 18.8 Å². The highest BCUT2D eigenvalue weighted by Gasteiger charge is 2.23. The predicted molar refractivity (Wildman–Crippen MR) is 92.5 cm³/mol. The number of amides is 1. The van der Waals surface area contributed by atoms with E-state index >= 15 is 0 Å². The van der Waals surface area contributed by atoms with E-state index in [1.54, 1.807) is 31.1 Å². The first kappa shape index (κ1) is 18.6. The number of nitrogens with zero attached hydrogens (tertiary/aromatic N) is 1. The molecule has 1 aromatic heterocycles. The van der Waals surface area contributed by atoms with Gasteiger partial charge in [-0.25, -0.2) is 0 Å².